The standard InChI is InChI=1S/C29H24FN7O2/c1-29(2,3)26-15-27(37(36-26)20-7-11-24-18(13-20)5-4-12-32-24)35-28(38)34-25-14-21(9-10-23(25)30)39-22-8-6-19(16-31)33-17-22/h4-15,17H,1-3H3,(H2,34,35,38). The first kappa shape index (κ1) is 25.4. The fraction of sp³-hybridized carbons (Fsp3) is 0.138. The van der Waals surface area contributed by atoms with Gasteiger partial charge >= 0.3 is 6.03 Å². The van der Waals surface area contributed by atoms with Gasteiger partial charge in [0.15, 0.2) is 0 Å². The number of fused-ring (bicyclic) bond motifs is 1. The van der Waals surface area contributed by atoms with E-state index in [4.69, 9.17) is 15.1 Å². The van der Waals surface area contributed by atoms with Crippen molar-refractivity contribution in [2.45, 2.75) is 26.2 Å². The SMILES string of the molecule is CC(C)(C)c1cc(NC(=O)Nc2cc(Oc3ccc(C#N)nc3)ccc2F)n(-c2ccc3ncccc3c2)n1. The van der Waals surface area contributed by atoms with E-state index in [1.165, 1.54) is 30.5 Å². The minimum absolute atomic E-state index is 0.0782. The van der Waals surface area contributed by atoms with Gasteiger partial charge in [0.2, 0.25) is 0 Å². The first-order valence-electron chi connectivity index (χ1n) is 12.1. The predicted molar refractivity (Wildman–Crippen MR) is 146 cm³/mol. The Labute approximate surface area is 223 Å². The second-order valence-electron chi connectivity index (χ2n) is 9.77. The molecule has 3 heterocycles. The molecule has 0 unspecified atom stereocenters. The maximum atomic E-state index is 14.6. The third kappa shape index (κ3) is 5.67. The largest absolute Gasteiger partial charge is 0.456 e. The number of anilines is 2. The van der Waals surface area contributed by atoms with Crippen LogP contribution in [0.4, 0.5) is 20.7 Å². The molecule has 0 aliphatic carbocycles. The molecule has 2 amide bonds. The third-order valence-electron chi connectivity index (χ3n) is 5.82. The number of nitriles is 1. The van der Waals surface area contributed by atoms with Crippen molar-refractivity contribution in [1.82, 2.24) is 19.7 Å². The summed E-state index contributed by atoms with van der Waals surface area (Å²) in [6.45, 7) is 6.08. The number of hydrogen-bond acceptors (Lipinski definition) is 6. The second-order valence-corrected chi connectivity index (χ2v) is 9.77. The van der Waals surface area contributed by atoms with E-state index >= 15 is 0 Å². The molecule has 194 valence electrons. The summed E-state index contributed by atoms with van der Waals surface area (Å²) in [5.74, 6) is 0.418. The number of ether oxygens (including phenoxy) is 1. The molecule has 5 aromatic rings. The summed E-state index contributed by atoms with van der Waals surface area (Å²) in [5.41, 5.74) is 2.22. The lowest BCUT2D eigenvalue weighted by molar-refractivity contribution is 0.262. The molecule has 0 aliphatic heterocycles. The normalized spacial score (nSPS) is 11.2. The van der Waals surface area contributed by atoms with Crippen molar-refractivity contribution in [1.29, 1.82) is 5.26 Å². The van der Waals surface area contributed by atoms with E-state index in [0.29, 0.717) is 11.6 Å². The molecule has 0 aliphatic rings. The van der Waals surface area contributed by atoms with Gasteiger partial charge in [0, 0.05) is 29.1 Å². The highest BCUT2D eigenvalue weighted by atomic mass is 19.1. The van der Waals surface area contributed by atoms with Gasteiger partial charge in [0.05, 0.1) is 28.8 Å². The van der Waals surface area contributed by atoms with Crippen molar-refractivity contribution >= 4 is 28.4 Å². The van der Waals surface area contributed by atoms with Gasteiger partial charge < -0.3 is 10.1 Å². The number of hydrogen-bond donors (Lipinski definition) is 2. The van der Waals surface area contributed by atoms with Gasteiger partial charge in [-0.1, -0.05) is 26.8 Å². The van der Waals surface area contributed by atoms with Crippen LogP contribution in [0.5, 0.6) is 11.5 Å². The summed E-state index contributed by atoms with van der Waals surface area (Å²) in [7, 11) is 0. The number of rotatable bonds is 5. The van der Waals surface area contributed by atoms with Crippen molar-refractivity contribution in [2.75, 3.05) is 10.6 Å². The predicted octanol–water partition coefficient (Wildman–Crippen LogP) is 6.56. The quantitative estimate of drug-likeness (QED) is 0.270. The number of nitrogens with zero attached hydrogens (tertiary/aromatic N) is 5. The van der Waals surface area contributed by atoms with E-state index < -0.39 is 11.8 Å². The Kier molecular flexibility index (Phi) is 6.64. The van der Waals surface area contributed by atoms with E-state index in [1.807, 2.05) is 57.2 Å². The van der Waals surface area contributed by atoms with Gasteiger partial charge in [-0.15, -0.1) is 0 Å². The molecule has 2 aromatic carbocycles. The molecule has 0 saturated carbocycles. The molecule has 2 N–H and O–H groups in total. The lowest BCUT2D eigenvalue weighted by Crippen LogP contribution is -2.22. The minimum atomic E-state index is -0.657. The highest BCUT2D eigenvalue weighted by Crippen LogP contribution is 2.29. The van der Waals surface area contributed by atoms with Gasteiger partial charge in [-0.2, -0.15) is 10.4 Å². The Balaban J connectivity index is 1.39. The number of nitrogens with one attached hydrogen (secondary N) is 2. The maximum Gasteiger partial charge on any atom is 0.324 e. The van der Waals surface area contributed by atoms with Crippen molar-refractivity contribution in [3.8, 4) is 23.3 Å². The summed E-state index contributed by atoms with van der Waals surface area (Å²) in [6, 6.07) is 19.6. The Morgan fingerprint density at radius 1 is 1.00 bits per heavy atom. The molecule has 0 fully saturated rings. The second kappa shape index (κ2) is 10.2. The zero-order chi connectivity index (χ0) is 27.6. The molecular weight excluding hydrogens is 497 g/mol. The molecule has 39 heavy (non-hydrogen) atoms. The summed E-state index contributed by atoms with van der Waals surface area (Å²) in [5, 5.41) is 19.9. The molecule has 0 radical (unpaired) electrons. The van der Waals surface area contributed by atoms with E-state index in [1.54, 1.807) is 23.0 Å². The van der Waals surface area contributed by atoms with Crippen LogP contribution in [0, 0.1) is 17.1 Å². The lowest BCUT2D eigenvalue weighted by Gasteiger charge is -2.14. The molecule has 0 spiro atoms. The Bertz CT molecular complexity index is 1720. The van der Waals surface area contributed by atoms with Crippen LogP contribution in [0.15, 0.2) is 79.1 Å². The van der Waals surface area contributed by atoms with Crippen LogP contribution >= 0.6 is 0 Å². The first-order chi connectivity index (χ1) is 18.7. The van der Waals surface area contributed by atoms with Crippen LogP contribution in [0.25, 0.3) is 16.6 Å². The molecule has 0 saturated heterocycles. The zero-order valence-corrected chi connectivity index (χ0v) is 21.4. The first-order valence-corrected chi connectivity index (χ1v) is 12.1. The van der Waals surface area contributed by atoms with Gasteiger partial charge in [-0.3, -0.25) is 10.3 Å². The summed E-state index contributed by atoms with van der Waals surface area (Å²) in [4.78, 5) is 21.3. The van der Waals surface area contributed by atoms with Crippen LogP contribution in [0.2, 0.25) is 0 Å². The van der Waals surface area contributed by atoms with Gasteiger partial charge in [-0.05, 0) is 48.5 Å². The summed E-state index contributed by atoms with van der Waals surface area (Å²) >= 11 is 0. The number of halogens is 1. The topological polar surface area (TPSA) is 118 Å². The molecular formula is C29H24FN7O2. The van der Waals surface area contributed by atoms with Crippen LogP contribution in [0.3, 0.4) is 0 Å². The maximum absolute atomic E-state index is 14.6. The number of aromatic nitrogens is 4. The van der Waals surface area contributed by atoms with Gasteiger partial charge in [0.1, 0.15) is 34.9 Å². The molecule has 0 atom stereocenters. The number of urea groups is 1. The highest BCUT2D eigenvalue weighted by Gasteiger charge is 2.22. The number of carbonyl (C=O) groups excluding carboxylic acids is 1. The van der Waals surface area contributed by atoms with E-state index in [9.17, 15) is 9.18 Å². The zero-order valence-electron chi connectivity index (χ0n) is 21.4. The van der Waals surface area contributed by atoms with Gasteiger partial charge in [-0.25, -0.2) is 18.9 Å². The van der Waals surface area contributed by atoms with Crippen LogP contribution in [0.1, 0.15) is 32.2 Å². The van der Waals surface area contributed by atoms with Crippen molar-refractivity contribution in [2.24, 2.45) is 0 Å². The third-order valence-corrected chi connectivity index (χ3v) is 5.82. The number of benzene rings is 2. The molecule has 0 bridgehead atoms. The Morgan fingerprint density at radius 2 is 1.82 bits per heavy atom. The molecule has 5 rings (SSSR count). The summed E-state index contributed by atoms with van der Waals surface area (Å²) in [6.07, 6.45) is 3.11. The number of amides is 2. The minimum Gasteiger partial charge on any atom is -0.456 e. The van der Waals surface area contributed by atoms with Crippen LogP contribution in [-0.2, 0) is 5.41 Å². The lowest BCUT2D eigenvalue weighted by atomic mass is 9.92. The fourth-order valence-electron chi connectivity index (χ4n) is 3.80. The number of pyridine rings is 2. The monoisotopic (exact) mass is 521 g/mol. The van der Waals surface area contributed by atoms with Crippen LogP contribution in [-0.4, -0.2) is 25.8 Å². The fourth-order valence-corrected chi connectivity index (χ4v) is 3.80. The number of carbonyl (C=O) groups is 1. The van der Waals surface area contributed by atoms with Gasteiger partial charge in [0.25, 0.3) is 0 Å². The summed E-state index contributed by atoms with van der Waals surface area (Å²) < 4.78 is 21.9. The Morgan fingerprint density at radius 3 is 2.56 bits per heavy atom. The average Bonchev–Trinajstić information content (AvgIpc) is 3.35. The molecule has 10 heteroatoms. The molecule has 3 aromatic heterocycles. The highest BCUT2D eigenvalue weighted by molar-refractivity contribution is 5.99. The van der Waals surface area contributed by atoms with Crippen LogP contribution < -0.4 is 15.4 Å². The van der Waals surface area contributed by atoms with E-state index in [2.05, 4.69) is 20.6 Å². The van der Waals surface area contributed by atoms with E-state index in [0.717, 1.165) is 22.3 Å². The van der Waals surface area contributed by atoms with Crippen molar-refractivity contribution < 1.29 is 13.9 Å². The van der Waals surface area contributed by atoms with Crippen molar-refractivity contribution in [3.63, 3.8) is 0 Å². The average molecular weight is 522 g/mol. The van der Waals surface area contributed by atoms with E-state index in [-0.39, 0.29) is 22.5 Å². The van der Waals surface area contributed by atoms with Crippen molar-refractivity contribution in [3.05, 3.63) is 96.3 Å². The molecule has 9 nitrogen and oxygen atoms in total. The smallest absolute Gasteiger partial charge is 0.324 e. The Hall–Kier alpha value is -5.30.